The average molecular weight is 507 g/mol. The van der Waals surface area contributed by atoms with Crippen molar-refractivity contribution < 1.29 is 47.7 Å². The van der Waals surface area contributed by atoms with E-state index in [2.05, 4.69) is 20.3 Å². The number of anilines is 1. The van der Waals surface area contributed by atoms with Crippen LogP contribution in [0.15, 0.2) is 12.7 Å². The van der Waals surface area contributed by atoms with Gasteiger partial charge in [0.15, 0.2) is 41.5 Å². The van der Waals surface area contributed by atoms with Crippen molar-refractivity contribution in [2.45, 2.75) is 65.3 Å². The highest BCUT2D eigenvalue weighted by atomic mass is 16.7. The molecule has 1 saturated heterocycles. The molecule has 1 aliphatic rings. The lowest BCUT2D eigenvalue weighted by Gasteiger charge is -2.44. The van der Waals surface area contributed by atoms with Gasteiger partial charge in [-0.15, -0.1) is 0 Å². The molecular weight excluding hydrogens is 482 g/mol. The molecule has 0 radical (unpaired) electrons. The van der Waals surface area contributed by atoms with Gasteiger partial charge in [0.05, 0.1) is 6.33 Å². The van der Waals surface area contributed by atoms with E-state index in [0.29, 0.717) is 0 Å². The number of ether oxygens (including phenoxy) is 5. The monoisotopic (exact) mass is 507 g/mol. The van der Waals surface area contributed by atoms with Gasteiger partial charge in [0, 0.05) is 34.6 Å². The van der Waals surface area contributed by atoms with Gasteiger partial charge in [-0.2, -0.15) is 0 Å². The Bertz CT molecular complexity index is 1180. The van der Waals surface area contributed by atoms with E-state index in [1.165, 1.54) is 31.1 Å². The Morgan fingerprint density at radius 2 is 1.47 bits per heavy atom. The second-order valence-electron chi connectivity index (χ2n) is 7.82. The largest absolute Gasteiger partial charge is 0.463 e. The first-order valence-electron chi connectivity index (χ1n) is 10.7. The number of amides is 1. The number of fused-ring (bicyclic) bond motifs is 1. The smallest absolute Gasteiger partial charge is 0.303 e. The third kappa shape index (κ3) is 6.10. The van der Waals surface area contributed by atoms with Crippen molar-refractivity contribution in [2.24, 2.45) is 0 Å². The summed E-state index contributed by atoms with van der Waals surface area (Å²) >= 11 is 0. The van der Waals surface area contributed by atoms with Crippen LogP contribution in [0.5, 0.6) is 0 Å². The van der Waals surface area contributed by atoms with Crippen LogP contribution in [0, 0.1) is 0 Å². The standard InChI is InChI=1S/C21H25N5O10/c1-9(27)25-19-15-20(23-7-22-19)26(8-24-15)21-18(35-13(5)31)17(34-12(4)30)16(33-11(3)29)14(36-21)6-32-10(2)28/h7-8,14,16-18,21H,6H2,1-5H3,(H,22,23,25,27)/t14-,16-,17+,18-,21-/m1/s1. The van der Waals surface area contributed by atoms with Crippen LogP contribution in [-0.2, 0) is 47.7 Å². The van der Waals surface area contributed by atoms with E-state index in [1.807, 2.05) is 0 Å². The zero-order valence-corrected chi connectivity index (χ0v) is 20.1. The summed E-state index contributed by atoms with van der Waals surface area (Å²) in [5, 5.41) is 2.54. The van der Waals surface area contributed by atoms with E-state index in [1.54, 1.807) is 0 Å². The van der Waals surface area contributed by atoms with Gasteiger partial charge in [0.25, 0.3) is 0 Å². The first kappa shape index (κ1) is 26.5. The Balaban J connectivity index is 2.14. The second kappa shape index (κ2) is 11.1. The average Bonchev–Trinajstić information content (AvgIpc) is 3.19. The first-order chi connectivity index (χ1) is 17.0. The highest BCUT2D eigenvalue weighted by Crippen LogP contribution is 2.36. The van der Waals surface area contributed by atoms with Gasteiger partial charge in [0.1, 0.15) is 19.0 Å². The fourth-order valence-electron chi connectivity index (χ4n) is 3.73. The fourth-order valence-corrected chi connectivity index (χ4v) is 3.73. The third-order valence-corrected chi connectivity index (χ3v) is 4.89. The molecule has 194 valence electrons. The van der Waals surface area contributed by atoms with E-state index < -0.39 is 60.4 Å². The fraction of sp³-hybridized carbons (Fsp3) is 0.524. The minimum absolute atomic E-state index is 0.122. The topological polar surface area (TPSA) is 187 Å². The summed E-state index contributed by atoms with van der Waals surface area (Å²) in [4.78, 5) is 71.4. The van der Waals surface area contributed by atoms with Crippen LogP contribution < -0.4 is 5.32 Å². The number of nitrogens with zero attached hydrogens (tertiary/aromatic N) is 4. The van der Waals surface area contributed by atoms with Crippen LogP contribution in [0.4, 0.5) is 5.82 Å². The summed E-state index contributed by atoms with van der Waals surface area (Å²) in [7, 11) is 0. The zero-order chi connectivity index (χ0) is 26.6. The molecule has 0 unspecified atom stereocenters. The Labute approximate surface area is 204 Å². The van der Waals surface area contributed by atoms with Gasteiger partial charge in [-0.05, 0) is 0 Å². The molecule has 0 aliphatic carbocycles. The van der Waals surface area contributed by atoms with Crippen LogP contribution in [0.1, 0.15) is 40.8 Å². The van der Waals surface area contributed by atoms with Crippen molar-refractivity contribution in [3.05, 3.63) is 12.7 Å². The van der Waals surface area contributed by atoms with Crippen molar-refractivity contribution in [3.8, 4) is 0 Å². The molecule has 2 aromatic heterocycles. The van der Waals surface area contributed by atoms with Crippen LogP contribution in [0.2, 0.25) is 0 Å². The number of esters is 4. The molecule has 3 rings (SSSR count). The van der Waals surface area contributed by atoms with Gasteiger partial charge in [-0.3, -0.25) is 28.5 Å². The van der Waals surface area contributed by atoms with E-state index in [4.69, 9.17) is 23.7 Å². The first-order valence-corrected chi connectivity index (χ1v) is 10.7. The maximum atomic E-state index is 12.0. The van der Waals surface area contributed by atoms with Crippen LogP contribution in [0.3, 0.4) is 0 Å². The molecule has 36 heavy (non-hydrogen) atoms. The van der Waals surface area contributed by atoms with Crippen molar-refractivity contribution in [3.63, 3.8) is 0 Å². The predicted octanol–water partition coefficient (Wildman–Crippen LogP) is 0.0403. The van der Waals surface area contributed by atoms with E-state index in [9.17, 15) is 24.0 Å². The molecule has 0 saturated carbocycles. The summed E-state index contributed by atoms with van der Waals surface area (Å²) in [6.07, 6.45) is -3.91. The lowest BCUT2D eigenvalue weighted by Crippen LogP contribution is -2.60. The second-order valence-corrected chi connectivity index (χ2v) is 7.82. The van der Waals surface area contributed by atoms with Crippen molar-refractivity contribution in [1.82, 2.24) is 19.5 Å². The van der Waals surface area contributed by atoms with Crippen molar-refractivity contribution in [1.29, 1.82) is 0 Å². The zero-order valence-electron chi connectivity index (χ0n) is 20.1. The lowest BCUT2D eigenvalue weighted by atomic mass is 9.97. The van der Waals surface area contributed by atoms with Crippen LogP contribution in [-0.4, -0.2) is 80.3 Å². The highest BCUT2D eigenvalue weighted by molar-refractivity contribution is 5.95. The van der Waals surface area contributed by atoms with E-state index >= 15 is 0 Å². The lowest BCUT2D eigenvalue weighted by molar-refractivity contribution is -0.267. The van der Waals surface area contributed by atoms with Crippen molar-refractivity contribution in [2.75, 3.05) is 11.9 Å². The van der Waals surface area contributed by atoms with Crippen LogP contribution in [0.25, 0.3) is 11.2 Å². The Morgan fingerprint density at radius 3 is 2.06 bits per heavy atom. The summed E-state index contributed by atoms with van der Waals surface area (Å²) in [5.41, 5.74) is 0.371. The van der Waals surface area contributed by atoms with Gasteiger partial charge >= 0.3 is 23.9 Å². The van der Waals surface area contributed by atoms with Crippen LogP contribution >= 0.6 is 0 Å². The summed E-state index contributed by atoms with van der Waals surface area (Å²) in [6.45, 7) is 5.48. The normalized spacial score (nSPS) is 23.4. The van der Waals surface area contributed by atoms with Gasteiger partial charge < -0.3 is 29.0 Å². The summed E-state index contributed by atoms with van der Waals surface area (Å²) in [6, 6.07) is 0. The number of imidazole rings is 1. The molecule has 15 heteroatoms. The minimum atomic E-state index is -1.36. The van der Waals surface area contributed by atoms with Gasteiger partial charge in [-0.1, -0.05) is 0 Å². The highest BCUT2D eigenvalue weighted by Gasteiger charge is 2.53. The molecule has 1 aliphatic heterocycles. The molecule has 5 atom stereocenters. The SMILES string of the molecule is CC(=O)Nc1ncnc2c1ncn2[C@@H]1O[C@H](COC(C)=O)[C@@H](OC(C)=O)[C@H](OC(C)=O)[C@H]1OC(C)=O. The van der Waals surface area contributed by atoms with E-state index in [0.717, 1.165) is 20.8 Å². The summed E-state index contributed by atoms with van der Waals surface area (Å²) in [5.74, 6) is -3.15. The Morgan fingerprint density at radius 1 is 0.861 bits per heavy atom. The minimum Gasteiger partial charge on any atom is -0.463 e. The summed E-state index contributed by atoms with van der Waals surface area (Å²) < 4.78 is 28.8. The number of nitrogens with one attached hydrogen (secondary N) is 1. The molecule has 0 bridgehead atoms. The molecule has 0 aromatic carbocycles. The Hall–Kier alpha value is -4.14. The Kier molecular flexibility index (Phi) is 8.14. The number of rotatable bonds is 7. The van der Waals surface area contributed by atoms with Crippen molar-refractivity contribution >= 4 is 46.8 Å². The van der Waals surface area contributed by atoms with Gasteiger partial charge in [0.2, 0.25) is 5.91 Å². The molecular formula is C21H25N5O10. The van der Waals surface area contributed by atoms with E-state index in [-0.39, 0.29) is 23.6 Å². The molecule has 15 nitrogen and oxygen atoms in total. The molecule has 2 aromatic rings. The molecule has 3 heterocycles. The number of carbonyl (C=O) groups is 5. The maximum absolute atomic E-state index is 12.0. The number of carbonyl (C=O) groups excluding carboxylic acids is 5. The number of aromatic nitrogens is 4. The third-order valence-electron chi connectivity index (χ3n) is 4.89. The molecule has 1 N–H and O–H groups in total. The quantitative estimate of drug-likeness (QED) is 0.391. The number of hydrogen-bond donors (Lipinski definition) is 1. The molecule has 0 spiro atoms. The van der Waals surface area contributed by atoms with Gasteiger partial charge in [-0.25, -0.2) is 15.0 Å². The molecule has 1 amide bonds. The number of hydrogen-bond acceptors (Lipinski definition) is 13. The molecule has 1 fully saturated rings. The predicted molar refractivity (Wildman–Crippen MR) is 117 cm³/mol. The maximum Gasteiger partial charge on any atom is 0.303 e.